The fraction of sp³-hybridized carbons (Fsp3) is 0.440. The van der Waals surface area contributed by atoms with Crippen molar-refractivity contribution in [1.29, 1.82) is 0 Å². The summed E-state index contributed by atoms with van der Waals surface area (Å²) in [6.07, 6.45) is 1.09. The molecule has 0 bridgehead atoms. The molecule has 1 unspecified atom stereocenters. The fourth-order valence-electron chi connectivity index (χ4n) is 3.73. The molecule has 180 valence electrons. The first kappa shape index (κ1) is 26.4. The van der Waals surface area contributed by atoms with Gasteiger partial charge < -0.3 is 10.2 Å². The standard InChI is InChI=1S/C25H35N3O4S/c1-17(2)26-25(30)21(6)27(15-22-14-9-8-11-18(22)3)23(29)16-28(33(7,31)32)24-19(4)12-10-13-20(24)5/h8-14,17,21H,15-16H2,1-7H3,(H,26,30). The number of sulfonamides is 1. The Hall–Kier alpha value is -2.87. The van der Waals surface area contributed by atoms with Crippen molar-refractivity contribution in [3.63, 3.8) is 0 Å². The van der Waals surface area contributed by atoms with Crippen LogP contribution in [0.2, 0.25) is 0 Å². The Bertz CT molecular complexity index is 1090. The summed E-state index contributed by atoms with van der Waals surface area (Å²) in [5.74, 6) is -0.734. The van der Waals surface area contributed by atoms with E-state index in [4.69, 9.17) is 0 Å². The first-order valence-corrected chi connectivity index (χ1v) is 12.9. The second kappa shape index (κ2) is 10.8. The number of carbonyl (C=O) groups excluding carboxylic acids is 2. The zero-order valence-electron chi connectivity index (χ0n) is 20.5. The number of anilines is 1. The molecule has 1 atom stereocenters. The first-order valence-electron chi connectivity index (χ1n) is 11.0. The van der Waals surface area contributed by atoms with E-state index in [-0.39, 0.29) is 18.5 Å². The molecule has 0 saturated carbocycles. The quantitative estimate of drug-likeness (QED) is 0.605. The van der Waals surface area contributed by atoms with Gasteiger partial charge in [0, 0.05) is 12.6 Å². The minimum atomic E-state index is -3.75. The lowest BCUT2D eigenvalue weighted by molar-refractivity contribution is -0.139. The number of carbonyl (C=O) groups is 2. The summed E-state index contributed by atoms with van der Waals surface area (Å²) >= 11 is 0. The highest BCUT2D eigenvalue weighted by Crippen LogP contribution is 2.27. The van der Waals surface area contributed by atoms with Crippen LogP contribution in [0, 0.1) is 20.8 Å². The van der Waals surface area contributed by atoms with Crippen molar-refractivity contribution in [2.24, 2.45) is 0 Å². The molecular weight excluding hydrogens is 438 g/mol. The van der Waals surface area contributed by atoms with Gasteiger partial charge in [-0.2, -0.15) is 0 Å². The lowest BCUT2D eigenvalue weighted by Crippen LogP contribution is -2.52. The molecule has 8 heteroatoms. The third-order valence-electron chi connectivity index (χ3n) is 5.57. The average Bonchev–Trinajstić information content (AvgIpc) is 2.70. The van der Waals surface area contributed by atoms with Gasteiger partial charge in [0.05, 0.1) is 11.9 Å². The van der Waals surface area contributed by atoms with Crippen LogP contribution in [0.5, 0.6) is 0 Å². The lowest BCUT2D eigenvalue weighted by atomic mass is 10.1. The number of aryl methyl sites for hydroxylation is 3. The van der Waals surface area contributed by atoms with Gasteiger partial charge in [0.2, 0.25) is 21.8 Å². The van der Waals surface area contributed by atoms with Crippen molar-refractivity contribution >= 4 is 27.5 Å². The van der Waals surface area contributed by atoms with Crippen molar-refractivity contribution < 1.29 is 18.0 Å². The normalized spacial score (nSPS) is 12.4. The van der Waals surface area contributed by atoms with Crippen LogP contribution in [0.15, 0.2) is 42.5 Å². The van der Waals surface area contributed by atoms with E-state index >= 15 is 0 Å². The maximum atomic E-state index is 13.6. The van der Waals surface area contributed by atoms with Crippen molar-refractivity contribution in [2.45, 2.75) is 60.2 Å². The second-order valence-corrected chi connectivity index (χ2v) is 10.7. The van der Waals surface area contributed by atoms with Gasteiger partial charge in [-0.05, 0) is 63.8 Å². The van der Waals surface area contributed by atoms with Gasteiger partial charge in [0.15, 0.2) is 0 Å². The molecule has 0 spiro atoms. The monoisotopic (exact) mass is 473 g/mol. The highest BCUT2D eigenvalue weighted by atomic mass is 32.2. The van der Waals surface area contributed by atoms with Gasteiger partial charge in [-0.15, -0.1) is 0 Å². The van der Waals surface area contributed by atoms with E-state index in [0.717, 1.165) is 32.8 Å². The van der Waals surface area contributed by atoms with Crippen LogP contribution < -0.4 is 9.62 Å². The van der Waals surface area contributed by atoms with Crippen LogP contribution in [-0.2, 0) is 26.2 Å². The van der Waals surface area contributed by atoms with Crippen LogP contribution in [0.1, 0.15) is 43.0 Å². The topological polar surface area (TPSA) is 86.8 Å². The number of hydrogen-bond acceptors (Lipinski definition) is 4. The first-order chi connectivity index (χ1) is 15.3. The van der Waals surface area contributed by atoms with Crippen molar-refractivity contribution in [3.8, 4) is 0 Å². The van der Waals surface area contributed by atoms with Gasteiger partial charge in [0.1, 0.15) is 12.6 Å². The molecule has 33 heavy (non-hydrogen) atoms. The molecular formula is C25H35N3O4S. The van der Waals surface area contributed by atoms with Crippen LogP contribution >= 0.6 is 0 Å². The Morgan fingerprint density at radius 2 is 1.45 bits per heavy atom. The predicted molar refractivity (Wildman–Crippen MR) is 133 cm³/mol. The third-order valence-corrected chi connectivity index (χ3v) is 6.68. The Morgan fingerprint density at radius 1 is 0.909 bits per heavy atom. The van der Waals surface area contributed by atoms with Crippen LogP contribution in [0.25, 0.3) is 0 Å². The van der Waals surface area contributed by atoms with Crippen LogP contribution in [-0.4, -0.2) is 50.0 Å². The van der Waals surface area contributed by atoms with Crippen molar-refractivity contribution in [1.82, 2.24) is 10.2 Å². The van der Waals surface area contributed by atoms with Gasteiger partial charge in [0.25, 0.3) is 0 Å². The van der Waals surface area contributed by atoms with Gasteiger partial charge in [-0.25, -0.2) is 8.42 Å². The Morgan fingerprint density at radius 3 is 1.97 bits per heavy atom. The highest BCUT2D eigenvalue weighted by Gasteiger charge is 2.31. The Kier molecular flexibility index (Phi) is 8.66. The number of rotatable bonds is 9. The van der Waals surface area contributed by atoms with E-state index in [1.54, 1.807) is 6.92 Å². The van der Waals surface area contributed by atoms with E-state index in [1.165, 1.54) is 4.90 Å². The number of amides is 2. The van der Waals surface area contributed by atoms with E-state index in [0.29, 0.717) is 5.69 Å². The molecule has 0 aromatic heterocycles. The van der Waals surface area contributed by atoms with E-state index in [9.17, 15) is 18.0 Å². The number of nitrogens with zero attached hydrogens (tertiary/aromatic N) is 2. The average molecular weight is 474 g/mol. The van der Waals surface area contributed by atoms with Crippen molar-refractivity contribution in [3.05, 3.63) is 64.7 Å². The number of nitrogens with one attached hydrogen (secondary N) is 1. The predicted octanol–water partition coefficient (Wildman–Crippen LogP) is 3.32. The molecule has 1 N–H and O–H groups in total. The Labute approximate surface area is 197 Å². The van der Waals surface area contributed by atoms with E-state index in [2.05, 4.69) is 5.32 Å². The maximum absolute atomic E-state index is 13.6. The van der Waals surface area contributed by atoms with E-state index in [1.807, 2.05) is 77.1 Å². The lowest BCUT2D eigenvalue weighted by Gasteiger charge is -2.33. The summed E-state index contributed by atoms with van der Waals surface area (Å²) in [7, 11) is -3.75. The molecule has 0 aliphatic heterocycles. The summed E-state index contributed by atoms with van der Waals surface area (Å²) in [4.78, 5) is 27.8. The molecule has 2 aromatic carbocycles. The molecule has 7 nitrogen and oxygen atoms in total. The van der Waals surface area contributed by atoms with Crippen LogP contribution in [0.3, 0.4) is 0 Å². The zero-order chi connectivity index (χ0) is 24.9. The maximum Gasteiger partial charge on any atom is 0.244 e. The van der Waals surface area contributed by atoms with Crippen LogP contribution in [0.4, 0.5) is 5.69 Å². The van der Waals surface area contributed by atoms with Gasteiger partial charge in [-0.1, -0.05) is 42.5 Å². The summed E-state index contributed by atoms with van der Waals surface area (Å²) in [6, 6.07) is 12.2. The summed E-state index contributed by atoms with van der Waals surface area (Å²) in [5, 5.41) is 2.85. The SMILES string of the molecule is Cc1ccccc1CN(C(=O)CN(c1c(C)cccc1C)S(C)(=O)=O)C(C)C(=O)NC(C)C. The number of benzene rings is 2. The summed E-state index contributed by atoms with van der Waals surface area (Å²) in [6.45, 7) is 10.7. The van der Waals surface area contributed by atoms with E-state index < -0.39 is 28.5 Å². The minimum Gasteiger partial charge on any atom is -0.352 e. The highest BCUT2D eigenvalue weighted by molar-refractivity contribution is 7.92. The summed E-state index contributed by atoms with van der Waals surface area (Å²) in [5.41, 5.74) is 3.88. The zero-order valence-corrected chi connectivity index (χ0v) is 21.4. The fourth-order valence-corrected chi connectivity index (χ4v) is 4.70. The molecule has 0 fully saturated rings. The second-order valence-electron chi connectivity index (χ2n) is 8.80. The smallest absolute Gasteiger partial charge is 0.244 e. The number of hydrogen-bond donors (Lipinski definition) is 1. The molecule has 2 aromatic rings. The van der Waals surface area contributed by atoms with Gasteiger partial charge in [-0.3, -0.25) is 13.9 Å². The third kappa shape index (κ3) is 6.81. The molecule has 0 aliphatic carbocycles. The summed E-state index contributed by atoms with van der Waals surface area (Å²) < 4.78 is 26.6. The van der Waals surface area contributed by atoms with Crippen molar-refractivity contribution in [2.75, 3.05) is 17.1 Å². The molecule has 0 aliphatic rings. The minimum absolute atomic E-state index is 0.0856. The number of para-hydroxylation sites is 1. The molecule has 0 saturated heterocycles. The van der Waals surface area contributed by atoms with Gasteiger partial charge >= 0.3 is 0 Å². The molecule has 2 rings (SSSR count). The largest absolute Gasteiger partial charge is 0.352 e. The Balaban J connectivity index is 2.47. The molecule has 0 heterocycles. The molecule has 2 amide bonds. The molecule has 0 radical (unpaired) electrons.